The normalized spacial score (nSPS) is 9.00. The molecule has 0 saturated heterocycles. The molecule has 2 N–H and O–H groups in total. The Labute approximate surface area is 83.5 Å². The third kappa shape index (κ3) is 3.04. The van der Waals surface area contributed by atoms with Crippen molar-refractivity contribution in [2.45, 2.75) is 12.8 Å². The topological polar surface area (TPSA) is 61.0 Å². The van der Waals surface area contributed by atoms with Gasteiger partial charge in [-0.25, -0.2) is 9.97 Å². The Balaban J connectivity index is 2.68. The SMILES string of the molecule is COc1nccnc1C#CCCCN. The van der Waals surface area contributed by atoms with E-state index in [9.17, 15) is 0 Å². The summed E-state index contributed by atoms with van der Waals surface area (Å²) in [4.78, 5) is 8.04. The van der Waals surface area contributed by atoms with Gasteiger partial charge in [0.2, 0.25) is 5.88 Å². The number of nitrogens with two attached hydrogens (primary N) is 1. The Morgan fingerprint density at radius 3 is 2.93 bits per heavy atom. The predicted octanol–water partition coefficient (Wildman–Crippen LogP) is 0.576. The molecule has 0 amide bonds. The molecule has 1 aromatic rings. The second-order valence-electron chi connectivity index (χ2n) is 2.61. The van der Waals surface area contributed by atoms with E-state index in [4.69, 9.17) is 10.5 Å². The van der Waals surface area contributed by atoms with Crippen LogP contribution in [0, 0.1) is 11.8 Å². The van der Waals surface area contributed by atoms with Crippen molar-refractivity contribution in [1.82, 2.24) is 9.97 Å². The van der Waals surface area contributed by atoms with E-state index < -0.39 is 0 Å². The second-order valence-corrected chi connectivity index (χ2v) is 2.61. The lowest BCUT2D eigenvalue weighted by Gasteiger charge is -1.98. The molecule has 1 heterocycles. The largest absolute Gasteiger partial charge is 0.479 e. The molecule has 0 aliphatic rings. The summed E-state index contributed by atoms with van der Waals surface area (Å²) in [6.45, 7) is 0.659. The van der Waals surface area contributed by atoms with Gasteiger partial charge < -0.3 is 10.5 Å². The summed E-state index contributed by atoms with van der Waals surface area (Å²) in [6.07, 6.45) is 4.84. The summed E-state index contributed by atoms with van der Waals surface area (Å²) < 4.78 is 5.00. The molecule has 0 saturated carbocycles. The molecule has 0 aliphatic carbocycles. The van der Waals surface area contributed by atoms with Crippen LogP contribution in [0.1, 0.15) is 18.5 Å². The van der Waals surface area contributed by atoms with Gasteiger partial charge in [-0.1, -0.05) is 5.92 Å². The number of hydrogen-bond donors (Lipinski definition) is 1. The minimum absolute atomic E-state index is 0.466. The maximum atomic E-state index is 5.34. The maximum Gasteiger partial charge on any atom is 0.248 e. The molecule has 0 aromatic carbocycles. The Bertz CT molecular complexity index is 341. The number of aromatic nitrogens is 2. The zero-order valence-corrected chi connectivity index (χ0v) is 8.16. The van der Waals surface area contributed by atoms with Gasteiger partial charge in [-0.3, -0.25) is 0 Å². The van der Waals surface area contributed by atoms with Crippen LogP contribution in [-0.2, 0) is 0 Å². The van der Waals surface area contributed by atoms with Crippen LogP contribution in [0.15, 0.2) is 12.4 Å². The summed E-state index contributed by atoms with van der Waals surface area (Å²) in [5, 5.41) is 0. The van der Waals surface area contributed by atoms with E-state index in [-0.39, 0.29) is 0 Å². The summed E-state index contributed by atoms with van der Waals surface area (Å²) in [5.41, 5.74) is 5.92. The van der Waals surface area contributed by atoms with Gasteiger partial charge in [0.25, 0.3) is 0 Å². The molecule has 74 valence electrons. The maximum absolute atomic E-state index is 5.34. The molecule has 4 nitrogen and oxygen atoms in total. The minimum atomic E-state index is 0.466. The van der Waals surface area contributed by atoms with E-state index in [0.29, 0.717) is 18.1 Å². The Morgan fingerprint density at radius 1 is 1.43 bits per heavy atom. The number of rotatable bonds is 3. The number of nitrogens with zero attached hydrogens (tertiary/aromatic N) is 2. The van der Waals surface area contributed by atoms with E-state index in [1.165, 1.54) is 0 Å². The van der Waals surface area contributed by atoms with E-state index in [1.54, 1.807) is 19.5 Å². The third-order valence-corrected chi connectivity index (χ3v) is 1.57. The van der Waals surface area contributed by atoms with Crippen LogP contribution in [0.5, 0.6) is 5.88 Å². The molecule has 1 rings (SSSR count). The van der Waals surface area contributed by atoms with Gasteiger partial charge >= 0.3 is 0 Å². The Kier molecular flexibility index (Phi) is 4.45. The van der Waals surface area contributed by atoms with Crippen LogP contribution in [0.25, 0.3) is 0 Å². The summed E-state index contributed by atoms with van der Waals surface area (Å²) in [5.74, 6) is 6.33. The van der Waals surface area contributed by atoms with Crippen molar-refractivity contribution in [2.24, 2.45) is 5.73 Å². The van der Waals surface area contributed by atoms with Crippen LogP contribution in [0.3, 0.4) is 0 Å². The van der Waals surface area contributed by atoms with Crippen molar-refractivity contribution in [3.63, 3.8) is 0 Å². The zero-order chi connectivity index (χ0) is 10.2. The van der Waals surface area contributed by atoms with Gasteiger partial charge in [0.1, 0.15) is 0 Å². The van der Waals surface area contributed by atoms with Crippen LogP contribution in [0.4, 0.5) is 0 Å². The first-order valence-electron chi connectivity index (χ1n) is 4.42. The highest BCUT2D eigenvalue weighted by atomic mass is 16.5. The number of unbranched alkanes of at least 4 members (excludes halogenated alkanes) is 1. The van der Waals surface area contributed by atoms with Gasteiger partial charge in [0.15, 0.2) is 5.69 Å². The summed E-state index contributed by atoms with van der Waals surface area (Å²) >= 11 is 0. The molecule has 14 heavy (non-hydrogen) atoms. The van der Waals surface area contributed by atoms with Crippen molar-refractivity contribution >= 4 is 0 Å². The molecule has 0 radical (unpaired) electrons. The molecule has 0 fully saturated rings. The fourth-order valence-electron chi connectivity index (χ4n) is 0.897. The van der Waals surface area contributed by atoms with Gasteiger partial charge in [-0.2, -0.15) is 0 Å². The molecule has 0 unspecified atom stereocenters. The first-order chi connectivity index (χ1) is 6.88. The summed E-state index contributed by atoms with van der Waals surface area (Å²) in [7, 11) is 1.55. The van der Waals surface area contributed by atoms with E-state index in [0.717, 1.165) is 12.8 Å². The average molecular weight is 191 g/mol. The highest BCUT2D eigenvalue weighted by Crippen LogP contribution is 2.07. The van der Waals surface area contributed by atoms with Crippen molar-refractivity contribution in [2.75, 3.05) is 13.7 Å². The Hall–Kier alpha value is -1.60. The number of ether oxygens (including phenoxy) is 1. The molecule has 4 heteroatoms. The monoisotopic (exact) mass is 191 g/mol. The quantitative estimate of drug-likeness (QED) is 0.560. The molecule has 0 bridgehead atoms. The molecule has 0 spiro atoms. The molecular formula is C10H13N3O. The van der Waals surface area contributed by atoms with E-state index >= 15 is 0 Å². The summed E-state index contributed by atoms with van der Waals surface area (Å²) in [6, 6.07) is 0. The first kappa shape index (κ1) is 10.5. The predicted molar refractivity (Wildman–Crippen MR) is 53.8 cm³/mol. The molecule has 0 aliphatic heterocycles. The van der Waals surface area contributed by atoms with Gasteiger partial charge in [0.05, 0.1) is 7.11 Å². The minimum Gasteiger partial charge on any atom is -0.479 e. The van der Waals surface area contributed by atoms with E-state index in [1.807, 2.05) is 0 Å². The molecular weight excluding hydrogens is 178 g/mol. The van der Waals surface area contributed by atoms with Crippen LogP contribution in [-0.4, -0.2) is 23.6 Å². The number of hydrogen-bond acceptors (Lipinski definition) is 4. The standard InChI is InChI=1S/C10H13N3O/c1-14-10-9(12-7-8-13-10)5-3-2-4-6-11/h7-8H,2,4,6,11H2,1H3. The first-order valence-corrected chi connectivity index (χ1v) is 4.42. The molecule has 1 aromatic heterocycles. The molecule has 0 atom stereocenters. The lowest BCUT2D eigenvalue weighted by Crippen LogP contribution is -1.97. The average Bonchev–Trinajstić information content (AvgIpc) is 2.25. The Morgan fingerprint density at radius 2 is 2.21 bits per heavy atom. The lowest BCUT2D eigenvalue weighted by atomic mass is 10.3. The van der Waals surface area contributed by atoms with Crippen molar-refractivity contribution in [1.29, 1.82) is 0 Å². The lowest BCUT2D eigenvalue weighted by molar-refractivity contribution is 0.394. The van der Waals surface area contributed by atoms with Crippen LogP contribution in [0.2, 0.25) is 0 Å². The third-order valence-electron chi connectivity index (χ3n) is 1.57. The smallest absolute Gasteiger partial charge is 0.248 e. The van der Waals surface area contributed by atoms with Crippen LogP contribution >= 0.6 is 0 Å². The van der Waals surface area contributed by atoms with Gasteiger partial charge in [-0.05, 0) is 18.9 Å². The van der Waals surface area contributed by atoms with Gasteiger partial charge in [0, 0.05) is 18.8 Å². The fourth-order valence-corrected chi connectivity index (χ4v) is 0.897. The van der Waals surface area contributed by atoms with Crippen molar-refractivity contribution < 1.29 is 4.74 Å². The highest BCUT2D eigenvalue weighted by molar-refractivity contribution is 5.35. The second kappa shape index (κ2) is 5.95. The number of methoxy groups -OCH3 is 1. The zero-order valence-electron chi connectivity index (χ0n) is 8.16. The van der Waals surface area contributed by atoms with Gasteiger partial charge in [-0.15, -0.1) is 0 Å². The van der Waals surface area contributed by atoms with Crippen molar-refractivity contribution in [3.05, 3.63) is 18.1 Å². The van der Waals surface area contributed by atoms with Crippen LogP contribution < -0.4 is 10.5 Å². The fraction of sp³-hybridized carbons (Fsp3) is 0.400. The van der Waals surface area contributed by atoms with E-state index in [2.05, 4.69) is 21.8 Å². The highest BCUT2D eigenvalue weighted by Gasteiger charge is 1.99. The van der Waals surface area contributed by atoms with Crippen molar-refractivity contribution in [3.8, 4) is 17.7 Å².